The Kier molecular flexibility index (Phi) is 5.27. The number of rotatable bonds is 4. The van der Waals surface area contributed by atoms with Crippen molar-refractivity contribution in [3.05, 3.63) is 35.4 Å². The first-order chi connectivity index (χ1) is 13.1. The standard InChI is InChI=1S/C19H28N6O2/c1-14-10-16(22-21-14)19(26)25-8-9-27-17(13-24-6-4-3-5-7-24)18(25)15-11-20-23(2)12-15/h10-12,17-18H,3-9,13H2,1-2H3,(H,21,22)/t17-,18-/m0/s1. The third-order valence-corrected chi connectivity index (χ3v) is 5.49. The zero-order valence-electron chi connectivity index (χ0n) is 16.1. The number of carbonyl (C=O) groups is 1. The average molecular weight is 372 g/mol. The molecule has 4 heterocycles. The lowest BCUT2D eigenvalue weighted by Gasteiger charge is -2.42. The summed E-state index contributed by atoms with van der Waals surface area (Å²) in [5.41, 5.74) is 2.36. The number of nitrogens with zero attached hydrogens (tertiary/aromatic N) is 5. The molecule has 0 radical (unpaired) electrons. The van der Waals surface area contributed by atoms with E-state index >= 15 is 0 Å². The van der Waals surface area contributed by atoms with Crippen LogP contribution in [0.15, 0.2) is 18.5 Å². The van der Waals surface area contributed by atoms with Crippen LogP contribution in [0.4, 0.5) is 0 Å². The predicted molar refractivity (Wildman–Crippen MR) is 100 cm³/mol. The molecule has 0 spiro atoms. The number of aryl methyl sites for hydroxylation is 2. The van der Waals surface area contributed by atoms with Crippen molar-refractivity contribution in [2.75, 3.05) is 32.8 Å². The number of hydrogen-bond donors (Lipinski definition) is 1. The number of likely N-dealkylation sites (tertiary alicyclic amines) is 1. The van der Waals surface area contributed by atoms with Crippen LogP contribution in [0.25, 0.3) is 0 Å². The lowest BCUT2D eigenvalue weighted by molar-refractivity contribution is -0.0743. The van der Waals surface area contributed by atoms with Gasteiger partial charge in [0, 0.05) is 37.6 Å². The molecule has 1 N–H and O–H groups in total. The molecule has 2 aromatic heterocycles. The lowest BCUT2D eigenvalue weighted by atomic mass is 9.99. The van der Waals surface area contributed by atoms with Crippen molar-refractivity contribution in [3.8, 4) is 0 Å². The third kappa shape index (κ3) is 3.91. The van der Waals surface area contributed by atoms with Gasteiger partial charge in [0.25, 0.3) is 5.91 Å². The van der Waals surface area contributed by atoms with Gasteiger partial charge in [0.05, 0.1) is 24.9 Å². The highest BCUT2D eigenvalue weighted by Crippen LogP contribution is 2.31. The van der Waals surface area contributed by atoms with Crippen molar-refractivity contribution in [2.24, 2.45) is 7.05 Å². The monoisotopic (exact) mass is 372 g/mol. The second-order valence-electron chi connectivity index (χ2n) is 7.60. The van der Waals surface area contributed by atoms with Crippen LogP contribution in [0.5, 0.6) is 0 Å². The molecule has 0 aromatic carbocycles. The van der Waals surface area contributed by atoms with Crippen LogP contribution in [0.1, 0.15) is 47.1 Å². The normalized spacial score (nSPS) is 24.3. The summed E-state index contributed by atoms with van der Waals surface area (Å²) >= 11 is 0. The Balaban J connectivity index is 1.61. The molecular formula is C19H28N6O2. The molecule has 1 amide bonds. The van der Waals surface area contributed by atoms with Gasteiger partial charge in [-0.1, -0.05) is 6.42 Å². The summed E-state index contributed by atoms with van der Waals surface area (Å²) in [6, 6.07) is 1.65. The van der Waals surface area contributed by atoms with Crippen LogP contribution in [0.3, 0.4) is 0 Å². The van der Waals surface area contributed by atoms with E-state index in [1.54, 1.807) is 10.7 Å². The molecular weight excluding hydrogens is 344 g/mol. The summed E-state index contributed by atoms with van der Waals surface area (Å²) in [5.74, 6) is -0.0554. The molecule has 4 rings (SSSR count). The Morgan fingerprint density at radius 3 is 2.78 bits per heavy atom. The molecule has 8 nitrogen and oxygen atoms in total. The highest BCUT2D eigenvalue weighted by Gasteiger charge is 2.39. The van der Waals surface area contributed by atoms with Crippen LogP contribution in [-0.4, -0.2) is 74.6 Å². The second kappa shape index (κ2) is 7.82. The fourth-order valence-electron chi connectivity index (χ4n) is 4.17. The van der Waals surface area contributed by atoms with Gasteiger partial charge in [-0.2, -0.15) is 10.2 Å². The second-order valence-corrected chi connectivity index (χ2v) is 7.60. The van der Waals surface area contributed by atoms with Crippen molar-refractivity contribution in [2.45, 2.75) is 38.3 Å². The van der Waals surface area contributed by atoms with Gasteiger partial charge in [-0.15, -0.1) is 0 Å². The Labute approximate surface area is 159 Å². The molecule has 2 aliphatic heterocycles. The van der Waals surface area contributed by atoms with Gasteiger partial charge in [0.1, 0.15) is 5.69 Å². The van der Waals surface area contributed by atoms with Crippen molar-refractivity contribution in [3.63, 3.8) is 0 Å². The molecule has 146 valence electrons. The van der Waals surface area contributed by atoms with E-state index in [1.165, 1.54) is 19.3 Å². The first-order valence-electron chi connectivity index (χ1n) is 9.77. The van der Waals surface area contributed by atoms with Gasteiger partial charge < -0.3 is 14.5 Å². The number of ether oxygens (including phenoxy) is 1. The van der Waals surface area contributed by atoms with Crippen molar-refractivity contribution >= 4 is 5.91 Å². The fraction of sp³-hybridized carbons (Fsp3) is 0.632. The molecule has 2 aromatic rings. The van der Waals surface area contributed by atoms with Crippen LogP contribution in [-0.2, 0) is 11.8 Å². The predicted octanol–water partition coefficient (Wildman–Crippen LogP) is 1.52. The van der Waals surface area contributed by atoms with Crippen molar-refractivity contribution in [1.29, 1.82) is 0 Å². The zero-order chi connectivity index (χ0) is 18.8. The van der Waals surface area contributed by atoms with Gasteiger partial charge in [-0.25, -0.2) is 0 Å². The molecule has 0 aliphatic carbocycles. The number of aromatic nitrogens is 4. The van der Waals surface area contributed by atoms with E-state index in [0.717, 1.165) is 30.9 Å². The SMILES string of the molecule is Cc1cc(C(=O)N2CCO[C@@H](CN3CCCCC3)[C@@H]2c2cnn(C)c2)n[nH]1. The summed E-state index contributed by atoms with van der Waals surface area (Å²) in [6.45, 7) is 6.05. The number of hydrogen-bond acceptors (Lipinski definition) is 5. The quantitative estimate of drug-likeness (QED) is 0.880. The van der Waals surface area contributed by atoms with Gasteiger partial charge in [-0.05, 0) is 38.9 Å². The molecule has 2 saturated heterocycles. The minimum atomic E-state index is -0.154. The Hall–Kier alpha value is -2.19. The maximum atomic E-state index is 13.2. The maximum Gasteiger partial charge on any atom is 0.275 e. The summed E-state index contributed by atoms with van der Waals surface area (Å²) in [5, 5.41) is 11.4. The van der Waals surface area contributed by atoms with Crippen LogP contribution < -0.4 is 0 Å². The molecule has 2 atom stereocenters. The number of amides is 1. The Bertz CT molecular complexity index is 779. The van der Waals surface area contributed by atoms with Crippen LogP contribution in [0.2, 0.25) is 0 Å². The number of morpholine rings is 1. The first kappa shape index (κ1) is 18.2. The van der Waals surface area contributed by atoms with Gasteiger partial charge in [0.15, 0.2) is 0 Å². The van der Waals surface area contributed by atoms with E-state index in [-0.39, 0.29) is 18.1 Å². The van der Waals surface area contributed by atoms with E-state index in [4.69, 9.17) is 4.74 Å². The number of H-pyrrole nitrogens is 1. The Morgan fingerprint density at radius 1 is 1.30 bits per heavy atom. The topological polar surface area (TPSA) is 79.3 Å². The Morgan fingerprint density at radius 2 is 2.11 bits per heavy atom. The highest BCUT2D eigenvalue weighted by atomic mass is 16.5. The van der Waals surface area contributed by atoms with E-state index in [9.17, 15) is 4.79 Å². The minimum Gasteiger partial charge on any atom is -0.373 e. The van der Waals surface area contributed by atoms with E-state index in [1.807, 2.05) is 31.3 Å². The number of carbonyl (C=O) groups excluding carboxylic acids is 1. The fourth-order valence-corrected chi connectivity index (χ4v) is 4.17. The summed E-state index contributed by atoms with van der Waals surface area (Å²) in [4.78, 5) is 17.6. The number of piperidine rings is 1. The summed E-state index contributed by atoms with van der Waals surface area (Å²) in [6.07, 6.45) is 7.54. The molecule has 0 bridgehead atoms. The minimum absolute atomic E-state index is 0.0554. The molecule has 2 fully saturated rings. The third-order valence-electron chi connectivity index (χ3n) is 5.49. The molecule has 8 heteroatoms. The molecule has 0 saturated carbocycles. The highest BCUT2D eigenvalue weighted by molar-refractivity contribution is 5.92. The average Bonchev–Trinajstić information content (AvgIpc) is 3.30. The van der Waals surface area contributed by atoms with Gasteiger partial charge in [-0.3, -0.25) is 14.6 Å². The molecule has 2 aliphatic rings. The van der Waals surface area contributed by atoms with E-state index in [0.29, 0.717) is 18.8 Å². The van der Waals surface area contributed by atoms with Crippen LogP contribution >= 0.6 is 0 Å². The number of nitrogens with one attached hydrogen (secondary N) is 1. The van der Waals surface area contributed by atoms with Gasteiger partial charge >= 0.3 is 0 Å². The lowest BCUT2D eigenvalue weighted by Crippen LogP contribution is -2.52. The summed E-state index contributed by atoms with van der Waals surface area (Å²) in [7, 11) is 1.90. The molecule has 0 unspecified atom stereocenters. The van der Waals surface area contributed by atoms with E-state index in [2.05, 4.69) is 20.2 Å². The maximum absolute atomic E-state index is 13.2. The van der Waals surface area contributed by atoms with E-state index < -0.39 is 0 Å². The zero-order valence-corrected chi connectivity index (χ0v) is 16.1. The first-order valence-corrected chi connectivity index (χ1v) is 9.77. The van der Waals surface area contributed by atoms with Crippen molar-refractivity contribution in [1.82, 2.24) is 29.8 Å². The van der Waals surface area contributed by atoms with Crippen molar-refractivity contribution < 1.29 is 9.53 Å². The smallest absolute Gasteiger partial charge is 0.275 e. The van der Waals surface area contributed by atoms with Gasteiger partial charge in [0.2, 0.25) is 0 Å². The number of aromatic amines is 1. The molecule has 27 heavy (non-hydrogen) atoms. The van der Waals surface area contributed by atoms with Crippen LogP contribution in [0, 0.1) is 6.92 Å². The summed E-state index contributed by atoms with van der Waals surface area (Å²) < 4.78 is 7.96. The largest absolute Gasteiger partial charge is 0.373 e.